The van der Waals surface area contributed by atoms with Gasteiger partial charge in [0.2, 0.25) is 11.8 Å². The number of hydrogen-bond acceptors (Lipinski definition) is 6. The molecule has 29 heavy (non-hydrogen) atoms. The van der Waals surface area contributed by atoms with Crippen LogP contribution >= 0.6 is 11.6 Å². The van der Waals surface area contributed by atoms with Gasteiger partial charge in [-0.15, -0.1) is 0 Å². The Balaban J connectivity index is 1.41. The van der Waals surface area contributed by atoms with Crippen LogP contribution in [0.3, 0.4) is 0 Å². The molecule has 2 aliphatic rings. The van der Waals surface area contributed by atoms with Gasteiger partial charge >= 0.3 is 5.97 Å². The normalized spacial score (nSPS) is 20.8. The third-order valence-corrected chi connectivity index (χ3v) is 5.26. The molecular weight excluding hydrogens is 402 g/mol. The second-order valence-electron chi connectivity index (χ2n) is 6.93. The summed E-state index contributed by atoms with van der Waals surface area (Å²) in [6.07, 6.45) is 3.08. The highest BCUT2D eigenvalue weighted by Crippen LogP contribution is 2.37. The lowest BCUT2D eigenvalue weighted by Gasteiger charge is -2.19. The summed E-state index contributed by atoms with van der Waals surface area (Å²) in [6, 6.07) is 6.01. The lowest BCUT2D eigenvalue weighted by Crippen LogP contribution is -2.44. The third-order valence-electron chi connectivity index (χ3n) is 5.01. The molecule has 1 aliphatic carbocycles. The molecule has 4 amide bonds. The Kier molecular flexibility index (Phi) is 6.48. The van der Waals surface area contributed by atoms with Crippen LogP contribution < -0.4 is 10.9 Å². The van der Waals surface area contributed by atoms with Crippen molar-refractivity contribution in [2.24, 2.45) is 11.8 Å². The Morgan fingerprint density at radius 1 is 1.00 bits per heavy atom. The molecule has 1 saturated carbocycles. The van der Waals surface area contributed by atoms with Crippen LogP contribution in [0.4, 0.5) is 0 Å². The van der Waals surface area contributed by atoms with E-state index < -0.39 is 30.9 Å². The fraction of sp³-hybridized carbons (Fsp3) is 0.421. The summed E-state index contributed by atoms with van der Waals surface area (Å²) in [5, 5.41) is 0.465. The molecule has 1 aromatic carbocycles. The van der Waals surface area contributed by atoms with Gasteiger partial charge in [0.15, 0.2) is 6.61 Å². The van der Waals surface area contributed by atoms with Crippen molar-refractivity contribution in [3.8, 4) is 0 Å². The number of rotatable bonds is 5. The van der Waals surface area contributed by atoms with Gasteiger partial charge in [0.1, 0.15) is 6.54 Å². The van der Waals surface area contributed by atoms with E-state index in [2.05, 4.69) is 10.9 Å². The van der Waals surface area contributed by atoms with E-state index in [1.165, 1.54) is 24.3 Å². The lowest BCUT2D eigenvalue weighted by atomic mass is 9.81. The number of benzene rings is 1. The summed E-state index contributed by atoms with van der Waals surface area (Å²) < 4.78 is 4.80. The summed E-state index contributed by atoms with van der Waals surface area (Å²) >= 11 is 5.73. The zero-order chi connectivity index (χ0) is 21.0. The number of amides is 4. The Morgan fingerprint density at radius 2 is 1.59 bits per heavy atom. The molecule has 9 nitrogen and oxygen atoms in total. The van der Waals surface area contributed by atoms with E-state index in [1.807, 2.05) is 0 Å². The van der Waals surface area contributed by atoms with Crippen molar-refractivity contribution in [3.63, 3.8) is 0 Å². The highest BCUT2D eigenvalue weighted by molar-refractivity contribution is 6.30. The number of imide groups is 1. The predicted molar refractivity (Wildman–Crippen MR) is 100 cm³/mol. The van der Waals surface area contributed by atoms with Crippen molar-refractivity contribution in [3.05, 3.63) is 34.9 Å². The van der Waals surface area contributed by atoms with E-state index in [1.54, 1.807) is 0 Å². The third kappa shape index (κ3) is 4.92. The van der Waals surface area contributed by atoms with Crippen LogP contribution in [0, 0.1) is 11.8 Å². The number of halogens is 1. The molecule has 0 unspecified atom stereocenters. The van der Waals surface area contributed by atoms with Gasteiger partial charge in [0, 0.05) is 10.6 Å². The molecule has 10 heteroatoms. The minimum absolute atomic E-state index is 0.277. The van der Waals surface area contributed by atoms with Gasteiger partial charge in [-0.05, 0) is 37.1 Å². The number of nitrogens with one attached hydrogen (secondary N) is 2. The van der Waals surface area contributed by atoms with E-state index in [0.717, 1.165) is 17.7 Å². The quantitative estimate of drug-likeness (QED) is 0.412. The van der Waals surface area contributed by atoms with E-state index in [9.17, 15) is 24.0 Å². The fourth-order valence-corrected chi connectivity index (χ4v) is 3.67. The topological polar surface area (TPSA) is 122 Å². The number of carbonyl (C=O) groups excluding carboxylic acids is 5. The average Bonchev–Trinajstić information content (AvgIpc) is 2.96. The first kappa shape index (κ1) is 20.8. The molecule has 1 aliphatic heterocycles. The molecule has 1 heterocycles. The zero-order valence-electron chi connectivity index (χ0n) is 15.5. The first-order valence-corrected chi connectivity index (χ1v) is 9.60. The molecule has 0 radical (unpaired) electrons. The Hall–Kier alpha value is -2.94. The molecule has 0 aromatic heterocycles. The van der Waals surface area contributed by atoms with Crippen LogP contribution in [0.2, 0.25) is 5.02 Å². The summed E-state index contributed by atoms with van der Waals surface area (Å²) in [5.74, 6) is -3.62. The maximum absolute atomic E-state index is 12.3. The summed E-state index contributed by atoms with van der Waals surface area (Å²) in [4.78, 5) is 61.1. The molecule has 3 rings (SSSR count). The van der Waals surface area contributed by atoms with Crippen molar-refractivity contribution >= 4 is 41.2 Å². The second kappa shape index (κ2) is 9.04. The van der Waals surface area contributed by atoms with Crippen LogP contribution in [0.1, 0.15) is 36.0 Å². The molecule has 0 bridgehead atoms. The molecule has 1 aromatic rings. The minimum atomic E-state index is -0.871. The highest BCUT2D eigenvalue weighted by atomic mass is 35.5. The fourth-order valence-electron chi connectivity index (χ4n) is 3.54. The largest absolute Gasteiger partial charge is 0.454 e. The maximum Gasteiger partial charge on any atom is 0.326 e. The maximum atomic E-state index is 12.3. The molecule has 2 N–H and O–H groups in total. The van der Waals surface area contributed by atoms with Gasteiger partial charge in [0.25, 0.3) is 11.8 Å². The summed E-state index contributed by atoms with van der Waals surface area (Å²) in [7, 11) is 0. The second-order valence-corrected chi connectivity index (χ2v) is 7.37. The van der Waals surface area contributed by atoms with E-state index in [0.29, 0.717) is 17.9 Å². The number of hydrogen-bond donors (Lipinski definition) is 2. The number of nitrogens with zero attached hydrogens (tertiary/aromatic N) is 1. The number of hydrazine groups is 1. The van der Waals surface area contributed by atoms with E-state index in [4.69, 9.17) is 16.3 Å². The van der Waals surface area contributed by atoms with Crippen LogP contribution in [0.15, 0.2) is 24.3 Å². The smallest absolute Gasteiger partial charge is 0.326 e. The molecular formula is C19H20ClN3O6. The number of carbonyl (C=O) groups is 5. The number of esters is 1. The van der Waals surface area contributed by atoms with Crippen LogP contribution in [0.25, 0.3) is 0 Å². The first-order chi connectivity index (χ1) is 13.9. The van der Waals surface area contributed by atoms with Gasteiger partial charge < -0.3 is 4.74 Å². The van der Waals surface area contributed by atoms with Gasteiger partial charge in [0.05, 0.1) is 11.8 Å². The molecule has 2 fully saturated rings. The van der Waals surface area contributed by atoms with Crippen molar-refractivity contribution in [1.29, 1.82) is 0 Å². The number of ether oxygens (including phenoxy) is 1. The zero-order valence-corrected chi connectivity index (χ0v) is 16.2. The summed E-state index contributed by atoms with van der Waals surface area (Å²) in [6.45, 7) is -1.18. The van der Waals surface area contributed by atoms with Gasteiger partial charge in [-0.25, -0.2) is 0 Å². The van der Waals surface area contributed by atoms with Gasteiger partial charge in [-0.3, -0.25) is 39.7 Å². The monoisotopic (exact) mass is 421 g/mol. The van der Waals surface area contributed by atoms with Crippen molar-refractivity contribution < 1.29 is 28.7 Å². The molecule has 2 atom stereocenters. The number of likely N-dealkylation sites (tertiary alicyclic amines) is 1. The average molecular weight is 422 g/mol. The molecule has 154 valence electrons. The van der Waals surface area contributed by atoms with Crippen LogP contribution in [-0.2, 0) is 23.9 Å². The number of fused-ring (bicyclic) bond motifs is 1. The SMILES string of the molecule is O=C(COC(=O)CN1C(=O)[C@H]2CCCC[C@H]2C1=O)NNC(=O)c1ccc(Cl)cc1. The Labute approximate surface area is 171 Å². The lowest BCUT2D eigenvalue weighted by molar-refractivity contribution is -0.155. The van der Waals surface area contributed by atoms with E-state index >= 15 is 0 Å². The van der Waals surface area contributed by atoms with Gasteiger partial charge in [-0.2, -0.15) is 0 Å². The predicted octanol–water partition coefficient (Wildman–Crippen LogP) is 0.819. The Bertz CT molecular complexity index is 817. The first-order valence-electron chi connectivity index (χ1n) is 9.22. The summed E-state index contributed by atoms with van der Waals surface area (Å²) in [5.41, 5.74) is 4.56. The van der Waals surface area contributed by atoms with Crippen molar-refractivity contribution in [2.75, 3.05) is 13.2 Å². The van der Waals surface area contributed by atoms with Gasteiger partial charge in [-0.1, -0.05) is 24.4 Å². The van der Waals surface area contributed by atoms with E-state index in [-0.39, 0.29) is 29.2 Å². The standard InChI is InChI=1S/C19H20ClN3O6/c20-12-7-5-11(6-8-12)17(26)22-21-15(24)10-29-16(25)9-23-18(27)13-3-1-2-4-14(13)19(23)28/h5-8,13-14H,1-4,9-10H2,(H,21,24)(H,22,26)/t13-,14+. The van der Waals surface area contributed by atoms with Crippen LogP contribution in [-0.4, -0.2) is 47.6 Å². The Morgan fingerprint density at radius 3 is 2.17 bits per heavy atom. The highest BCUT2D eigenvalue weighted by Gasteiger charge is 2.48. The van der Waals surface area contributed by atoms with Crippen molar-refractivity contribution in [1.82, 2.24) is 15.8 Å². The van der Waals surface area contributed by atoms with Crippen LogP contribution in [0.5, 0.6) is 0 Å². The molecule has 0 spiro atoms. The van der Waals surface area contributed by atoms with Crippen molar-refractivity contribution in [2.45, 2.75) is 25.7 Å². The minimum Gasteiger partial charge on any atom is -0.454 e. The molecule has 1 saturated heterocycles.